The zero-order valence-corrected chi connectivity index (χ0v) is 18.1. The predicted octanol–water partition coefficient (Wildman–Crippen LogP) is 6.18. The predicted molar refractivity (Wildman–Crippen MR) is 119 cm³/mol. The largest absolute Gasteiger partial charge is 0.378 e. The maximum atomic E-state index is 12.8. The highest BCUT2D eigenvalue weighted by Gasteiger charge is 2.43. The summed E-state index contributed by atoms with van der Waals surface area (Å²) in [5.41, 5.74) is 2.23. The number of rotatable bonds is 4. The Bertz CT molecular complexity index is 619. The van der Waals surface area contributed by atoms with E-state index in [-0.39, 0.29) is 17.5 Å². The molecule has 4 nitrogen and oxygen atoms in total. The van der Waals surface area contributed by atoms with Crippen LogP contribution in [0.25, 0.3) is 0 Å². The number of hydrogen-bond acceptors (Lipinski definition) is 2. The molecule has 0 saturated heterocycles. The number of benzene rings is 1. The molecule has 0 aromatic heterocycles. The number of anilines is 2. The molecule has 4 heteroatoms. The average molecular weight is 386 g/mol. The molecule has 1 aromatic rings. The molecule has 156 valence electrons. The highest BCUT2D eigenvalue weighted by atomic mass is 16.2. The minimum atomic E-state index is -0.0541. The highest BCUT2D eigenvalue weighted by molar-refractivity contribution is 5.89. The average Bonchev–Trinajstić information content (AvgIpc) is 2.63. The number of hydrogen-bond donors (Lipinski definition) is 2. The zero-order chi connectivity index (χ0) is 20.0. The lowest BCUT2D eigenvalue weighted by Gasteiger charge is -2.48. The van der Waals surface area contributed by atoms with Gasteiger partial charge in [0.15, 0.2) is 0 Å². The molecule has 2 aliphatic rings. The third-order valence-corrected chi connectivity index (χ3v) is 7.24. The van der Waals surface area contributed by atoms with E-state index in [0.29, 0.717) is 0 Å². The van der Waals surface area contributed by atoms with Gasteiger partial charge in [0, 0.05) is 31.5 Å². The SMILES string of the molecule is CN(C)c1ccc(NC(=O)NC2CCCCC2(C)C2CCCCCCC2)cc1. The first-order chi connectivity index (χ1) is 13.5. The van der Waals surface area contributed by atoms with Gasteiger partial charge in [-0.2, -0.15) is 0 Å². The summed E-state index contributed by atoms with van der Waals surface area (Å²) in [7, 11) is 4.04. The summed E-state index contributed by atoms with van der Waals surface area (Å²) < 4.78 is 0. The Morgan fingerprint density at radius 2 is 1.54 bits per heavy atom. The molecule has 0 aliphatic heterocycles. The van der Waals surface area contributed by atoms with Gasteiger partial charge in [-0.15, -0.1) is 0 Å². The van der Waals surface area contributed by atoms with Gasteiger partial charge in [0.2, 0.25) is 0 Å². The van der Waals surface area contributed by atoms with Gasteiger partial charge < -0.3 is 15.5 Å². The Hall–Kier alpha value is -1.71. The van der Waals surface area contributed by atoms with Crippen molar-refractivity contribution in [1.29, 1.82) is 0 Å². The highest BCUT2D eigenvalue weighted by Crippen LogP contribution is 2.47. The van der Waals surface area contributed by atoms with Crippen molar-refractivity contribution < 1.29 is 4.79 Å². The van der Waals surface area contributed by atoms with E-state index >= 15 is 0 Å². The van der Waals surface area contributed by atoms with Crippen LogP contribution in [0, 0.1) is 11.3 Å². The lowest BCUT2D eigenvalue weighted by Crippen LogP contribution is -2.52. The van der Waals surface area contributed by atoms with Crippen LogP contribution in [-0.2, 0) is 0 Å². The van der Waals surface area contributed by atoms with Crippen molar-refractivity contribution >= 4 is 17.4 Å². The van der Waals surface area contributed by atoms with Crippen molar-refractivity contribution in [2.45, 2.75) is 83.6 Å². The summed E-state index contributed by atoms with van der Waals surface area (Å²) >= 11 is 0. The fourth-order valence-corrected chi connectivity index (χ4v) is 5.37. The van der Waals surface area contributed by atoms with Crippen molar-refractivity contribution in [2.75, 3.05) is 24.3 Å². The third-order valence-electron chi connectivity index (χ3n) is 7.24. The Morgan fingerprint density at radius 1 is 0.929 bits per heavy atom. The van der Waals surface area contributed by atoms with Crippen LogP contribution in [0.3, 0.4) is 0 Å². The molecule has 2 aliphatic carbocycles. The summed E-state index contributed by atoms with van der Waals surface area (Å²) in [5, 5.41) is 6.42. The number of nitrogens with one attached hydrogen (secondary N) is 2. The summed E-state index contributed by atoms with van der Waals surface area (Å²) in [6, 6.07) is 8.25. The molecule has 1 aromatic carbocycles. The second kappa shape index (κ2) is 9.67. The molecule has 2 amide bonds. The number of nitrogens with zero attached hydrogens (tertiary/aromatic N) is 1. The smallest absolute Gasteiger partial charge is 0.319 e. The van der Waals surface area contributed by atoms with E-state index in [1.54, 1.807) is 0 Å². The summed E-state index contributed by atoms with van der Waals surface area (Å²) in [5.74, 6) is 0.748. The van der Waals surface area contributed by atoms with Crippen LogP contribution in [0.15, 0.2) is 24.3 Å². The monoisotopic (exact) mass is 385 g/mol. The van der Waals surface area contributed by atoms with Gasteiger partial charge in [0.05, 0.1) is 0 Å². The lowest BCUT2D eigenvalue weighted by atomic mass is 9.61. The Balaban J connectivity index is 1.63. The van der Waals surface area contributed by atoms with Gasteiger partial charge in [-0.1, -0.05) is 51.9 Å². The fourth-order valence-electron chi connectivity index (χ4n) is 5.37. The van der Waals surface area contributed by atoms with Crippen molar-refractivity contribution in [3.05, 3.63) is 24.3 Å². The van der Waals surface area contributed by atoms with Gasteiger partial charge in [-0.25, -0.2) is 4.79 Å². The van der Waals surface area contributed by atoms with Crippen molar-refractivity contribution in [3.63, 3.8) is 0 Å². The fraction of sp³-hybridized carbons (Fsp3) is 0.708. The zero-order valence-electron chi connectivity index (χ0n) is 18.1. The maximum absolute atomic E-state index is 12.8. The molecule has 28 heavy (non-hydrogen) atoms. The molecule has 2 unspecified atom stereocenters. The quantitative estimate of drug-likeness (QED) is 0.649. The molecule has 0 spiro atoms. The van der Waals surface area contributed by atoms with Crippen molar-refractivity contribution in [1.82, 2.24) is 5.32 Å². The van der Waals surface area contributed by atoms with E-state index < -0.39 is 0 Å². The summed E-state index contributed by atoms with van der Waals surface area (Å²) in [6.07, 6.45) is 14.4. The Morgan fingerprint density at radius 3 is 2.18 bits per heavy atom. The van der Waals surface area contributed by atoms with E-state index in [2.05, 4.69) is 22.5 Å². The number of urea groups is 1. The van der Waals surface area contributed by atoms with Crippen LogP contribution >= 0.6 is 0 Å². The molecular formula is C24H39N3O. The first-order valence-electron chi connectivity index (χ1n) is 11.3. The lowest BCUT2D eigenvalue weighted by molar-refractivity contribution is 0.0587. The summed E-state index contributed by atoms with van der Waals surface area (Å²) in [4.78, 5) is 14.8. The van der Waals surface area contributed by atoms with Crippen LogP contribution in [0.1, 0.15) is 77.6 Å². The van der Waals surface area contributed by atoms with Crippen LogP contribution in [0.4, 0.5) is 16.2 Å². The number of carbonyl (C=O) groups excluding carboxylic acids is 1. The van der Waals surface area contributed by atoms with Crippen LogP contribution < -0.4 is 15.5 Å². The van der Waals surface area contributed by atoms with Crippen LogP contribution in [0.5, 0.6) is 0 Å². The van der Waals surface area contributed by atoms with Crippen LogP contribution in [-0.4, -0.2) is 26.2 Å². The van der Waals surface area contributed by atoms with Gasteiger partial charge in [0.25, 0.3) is 0 Å². The second-order valence-electron chi connectivity index (χ2n) is 9.39. The molecule has 2 atom stereocenters. The Labute approximate surface area is 171 Å². The molecule has 2 fully saturated rings. The topological polar surface area (TPSA) is 44.4 Å². The van der Waals surface area contributed by atoms with E-state index in [0.717, 1.165) is 23.7 Å². The van der Waals surface area contributed by atoms with Gasteiger partial charge in [0.1, 0.15) is 0 Å². The normalized spacial score (nSPS) is 26.8. The molecular weight excluding hydrogens is 346 g/mol. The maximum Gasteiger partial charge on any atom is 0.319 e. The van der Waals surface area contributed by atoms with E-state index in [9.17, 15) is 4.79 Å². The molecule has 2 N–H and O–H groups in total. The van der Waals surface area contributed by atoms with Gasteiger partial charge in [-0.3, -0.25) is 0 Å². The molecule has 0 radical (unpaired) electrons. The molecule has 2 saturated carbocycles. The first-order valence-corrected chi connectivity index (χ1v) is 11.3. The van der Waals surface area contributed by atoms with Crippen LogP contribution in [0.2, 0.25) is 0 Å². The van der Waals surface area contributed by atoms with Gasteiger partial charge in [-0.05, 0) is 61.3 Å². The first kappa shape index (κ1) is 21.0. The Kier molecular flexibility index (Phi) is 7.25. The molecule has 0 heterocycles. The van der Waals surface area contributed by atoms with Gasteiger partial charge >= 0.3 is 6.03 Å². The molecule has 0 bridgehead atoms. The number of carbonyl (C=O) groups is 1. The van der Waals surface area contributed by atoms with Crippen molar-refractivity contribution in [3.8, 4) is 0 Å². The minimum Gasteiger partial charge on any atom is -0.378 e. The van der Waals surface area contributed by atoms with E-state index in [4.69, 9.17) is 0 Å². The summed E-state index contributed by atoms with van der Waals surface area (Å²) in [6.45, 7) is 2.45. The van der Waals surface area contributed by atoms with E-state index in [1.165, 1.54) is 64.2 Å². The van der Waals surface area contributed by atoms with E-state index in [1.807, 2.05) is 38.4 Å². The van der Waals surface area contributed by atoms with Crippen molar-refractivity contribution in [2.24, 2.45) is 11.3 Å². The molecule has 3 rings (SSSR count). The minimum absolute atomic E-state index is 0.0541. The number of amides is 2. The standard InChI is InChI=1S/C24H39N3O/c1-24(19-11-7-5-4-6-8-12-19)18-10-9-13-22(24)26-23(28)25-20-14-16-21(17-15-20)27(2)3/h14-17,19,22H,4-13,18H2,1-3H3,(H2,25,26,28). The third kappa shape index (κ3) is 5.21. The second-order valence-corrected chi connectivity index (χ2v) is 9.39.